The van der Waals surface area contributed by atoms with Gasteiger partial charge in [0, 0.05) is 33.7 Å². The number of anilines is 5. The molecule has 8 aromatic rings. The summed E-state index contributed by atoms with van der Waals surface area (Å²) in [5.74, 6) is 0. The predicted octanol–water partition coefficient (Wildman–Crippen LogP) is 17.1. The molecular formula is C66H70BN2O. The highest BCUT2D eigenvalue weighted by Gasteiger charge is 2.42. The van der Waals surface area contributed by atoms with Gasteiger partial charge in [0.25, 0.3) is 0 Å². The summed E-state index contributed by atoms with van der Waals surface area (Å²) in [6.07, 6.45) is 7.02. The van der Waals surface area contributed by atoms with Gasteiger partial charge in [-0.3, -0.25) is 0 Å². The summed E-state index contributed by atoms with van der Waals surface area (Å²) in [6.45, 7) is 29.3. The third-order valence-corrected chi connectivity index (χ3v) is 18.1. The van der Waals surface area contributed by atoms with Gasteiger partial charge in [-0.25, -0.2) is 0 Å². The molecule has 1 aliphatic heterocycles. The molecule has 3 nitrogen and oxygen atoms in total. The van der Waals surface area contributed by atoms with Crippen LogP contribution >= 0.6 is 0 Å². The number of hydrogen-bond acceptors (Lipinski definition) is 3. The van der Waals surface area contributed by atoms with Crippen LogP contribution in [0.4, 0.5) is 28.4 Å². The molecule has 0 spiro atoms. The highest BCUT2D eigenvalue weighted by Crippen LogP contribution is 2.53. The SMILES string of the molecule is CC1(C)CCC(C)(C)c2cc(Nc3c(-c4cc(-c5ccccc5)cc5c4[B]c4cc6c(cc4N5c4ccc5c(c4)C(C)(C)CCC5(C)C)C(C)(C)CCC6(C)C)ccc4oc5ccccc5c34)ccc21. The largest absolute Gasteiger partial charge is 0.456 e. The summed E-state index contributed by atoms with van der Waals surface area (Å²) in [5.41, 5.74) is 24.1. The summed E-state index contributed by atoms with van der Waals surface area (Å²) >= 11 is 0. The van der Waals surface area contributed by atoms with Gasteiger partial charge in [0.15, 0.2) is 7.28 Å². The average Bonchev–Trinajstić information content (AvgIpc) is 3.72. The Kier molecular flexibility index (Phi) is 9.84. The number of rotatable bonds is 5. The van der Waals surface area contributed by atoms with Crippen LogP contribution in [0.2, 0.25) is 0 Å². The van der Waals surface area contributed by atoms with Crippen LogP contribution in [-0.4, -0.2) is 7.28 Å². The van der Waals surface area contributed by atoms with Crippen molar-refractivity contribution in [3.05, 3.63) is 161 Å². The molecule has 4 aliphatic rings. The molecule has 0 amide bonds. The van der Waals surface area contributed by atoms with Crippen molar-refractivity contribution >= 4 is 68.6 Å². The standard InChI is InChI=1S/C66H70BN2O/c1-61(2)28-30-63(5,6)49-36-42(22-25-47(49)61)68-60-44(24-27-57-58(60)45-20-16-17-21-56(45)70-57)46-34-41(40-18-14-13-15-19-40)35-55-59(46)67-53-38-51-52(66(11,12)33-32-65(51,9)10)39-54(53)69(55)43-23-26-48-50(37-43)64(7,8)31-29-62(48,3)4/h13-27,34-39,68H,28-33H2,1-12H3. The van der Waals surface area contributed by atoms with Crippen molar-refractivity contribution in [2.45, 2.75) is 154 Å². The van der Waals surface area contributed by atoms with E-state index < -0.39 is 0 Å². The van der Waals surface area contributed by atoms with Crippen LogP contribution in [0.15, 0.2) is 132 Å². The van der Waals surface area contributed by atoms with Crippen molar-refractivity contribution in [3.8, 4) is 22.3 Å². The van der Waals surface area contributed by atoms with E-state index in [9.17, 15) is 0 Å². The Morgan fingerprint density at radius 3 is 1.66 bits per heavy atom. The lowest BCUT2D eigenvalue weighted by Gasteiger charge is -2.45. The molecular weight excluding hydrogens is 848 g/mol. The smallest absolute Gasteiger partial charge is 0.197 e. The molecule has 0 saturated carbocycles. The van der Waals surface area contributed by atoms with Crippen molar-refractivity contribution in [1.82, 2.24) is 0 Å². The molecule has 0 unspecified atom stereocenters. The first-order chi connectivity index (χ1) is 33.1. The zero-order valence-electron chi connectivity index (χ0n) is 43.8. The van der Waals surface area contributed by atoms with Crippen molar-refractivity contribution in [2.75, 3.05) is 10.2 Å². The van der Waals surface area contributed by atoms with E-state index in [2.05, 4.69) is 228 Å². The molecule has 0 bridgehead atoms. The maximum absolute atomic E-state index is 6.71. The summed E-state index contributed by atoms with van der Waals surface area (Å²) in [5, 5.41) is 6.38. The van der Waals surface area contributed by atoms with Gasteiger partial charge in [0.1, 0.15) is 11.2 Å². The fourth-order valence-electron chi connectivity index (χ4n) is 13.2. The summed E-state index contributed by atoms with van der Waals surface area (Å²) in [7, 11) is 2.53. The van der Waals surface area contributed by atoms with Gasteiger partial charge in [-0.15, -0.1) is 0 Å². The Morgan fingerprint density at radius 2 is 1.00 bits per heavy atom. The minimum absolute atomic E-state index is 0.0513. The van der Waals surface area contributed by atoms with E-state index in [1.54, 1.807) is 0 Å². The third-order valence-electron chi connectivity index (χ3n) is 18.1. The van der Waals surface area contributed by atoms with Gasteiger partial charge in [0.2, 0.25) is 0 Å². The topological polar surface area (TPSA) is 28.4 Å². The van der Waals surface area contributed by atoms with E-state index >= 15 is 0 Å². The number of hydrogen-bond donors (Lipinski definition) is 1. The van der Waals surface area contributed by atoms with Crippen LogP contribution in [0.5, 0.6) is 0 Å². The van der Waals surface area contributed by atoms with Crippen LogP contribution in [0.3, 0.4) is 0 Å². The maximum Gasteiger partial charge on any atom is 0.197 e. The van der Waals surface area contributed by atoms with Crippen LogP contribution in [0.1, 0.15) is 155 Å². The minimum Gasteiger partial charge on any atom is -0.456 e. The van der Waals surface area contributed by atoms with Crippen LogP contribution in [0, 0.1) is 0 Å². The second-order valence-corrected chi connectivity index (χ2v) is 25.6. The fourth-order valence-corrected chi connectivity index (χ4v) is 13.2. The zero-order valence-corrected chi connectivity index (χ0v) is 43.8. The second-order valence-electron chi connectivity index (χ2n) is 25.6. The quantitative estimate of drug-likeness (QED) is 0.174. The number of nitrogens with zero attached hydrogens (tertiary/aromatic N) is 1. The van der Waals surface area contributed by atoms with Crippen molar-refractivity contribution < 1.29 is 4.42 Å². The Bertz CT molecular complexity index is 3450. The van der Waals surface area contributed by atoms with E-state index in [0.29, 0.717) is 0 Å². The van der Waals surface area contributed by atoms with E-state index in [-0.39, 0.29) is 32.5 Å². The van der Waals surface area contributed by atoms with E-state index in [1.165, 1.54) is 97.3 Å². The normalized spacial score (nSPS) is 19.6. The summed E-state index contributed by atoms with van der Waals surface area (Å²) in [4.78, 5) is 2.64. The fraction of sp³-hybridized carbons (Fsp3) is 0.364. The molecule has 1 radical (unpaired) electrons. The number of para-hydroxylation sites is 1. The highest BCUT2D eigenvalue weighted by atomic mass is 16.3. The van der Waals surface area contributed by atoms with Crippen LogP contribution in [-0.2, 0) is 32.5 Å². The van der Waals surface area contributed by atoms with Crippen LogP contribution < -0.4 is 21.1 Å². The Morgan fingerprint density at radius 1 is 0.443 bits per heavy atom. The minimum atomic E-state index is 0.0513. The Labute approximate surface area is 418 Å². The molecule has 1 N–H and O–H groups in total. The molecule has 1 aromatic heterocycles. The molecule has 353 valence electrons. The third kappa shape index (κ3) is 7.04. The molecule has 2 heterocycles. The molecule has 4 heteroatoms. The number of nitrogens with one attached hydrogen (secondary N) is 1. The van der Waals surface area contributed by atoms with E-state index in [0.717, 1.165) is 58.1 Å². The van der Waals surface area contributed by atoms with Gasteiger partial charge < -0.3 is 14.6 Å². The molecule has 3 aliphatic carbocycles. The molecule has 0 fully saturated rings. The van der Waals surface area contributed by atoms with Crippen molar-refractivity contribution in [3.63, 3.8) is 0 Å². The Balaban J connectivity index is 1.16. The summed E-state index contributed by atoms with van der Waals surface area (Å²) < 4.78 is 6.71. The lowest BCUT2D eigenvalue weighted by molar-refractivity contribution is 0.332. The monoisotopic (exact) mass is 918 g/mol. The first-order valence-electron chi connectivity index (χ1n) is 26.2. The number of fused-ring (bicyclic) bond motifs is 8. The molecule has 0 atom stereocenters. The first kappa shape index (κ1) is 45.2. The maximum atomic E-state index is 6.71. The van der Waals surface area contributed by atoms with Gasteiger partial charge in [-0.05, 0) is 187 Å². The predicted molar refractivity (Wildman–Crippen MR) is 300 cm³/mol. The van der Waals surface area contributed by atoms with Gasteiger partial charge >= 0.3 is 0 Å². The summed E-state index contributed by atoms with van der Waals surface area (Å²) in [6, 6.07) is 48.8. The number of furan rings is 1. The van der Waals surface area contributed by atoms with Crippen molar-refractivity contribution in [2.24, 2.45) is 0 Å². The lowest BCUT2D eigenvalue weighted by atomic mass is 9.55. The van der Waals surface area contributed by atoms with Crippen molar-refractivity contribution in [1.29, 1.82) is 0 Å². The molecule has 70 heavy (non-hydrogen) atoms. The molecule has 7 aromatic carbocycles. The van der Waals surface area contributed by atoms with Crippen LogP contribution in [0.25, 0.3) is 44.2 Å². The average molecular weight is 918 g/mol. The second kappa shape index (κ2) is 15.3. The Hall–Kier alpha value is -6.00. The first-order valence-corrected chi connectivity index (χ1v) is 26.2. The van der Waals surface area contributed by atoms with E-state index in [4.69, 9.17) is 4.42 Å². The molecule has 0 saturated heterocycles. The lowest BCUT2D eigenvalue weighted by Crippen LogP contribution is -2.44. The van der Waals surface area contributed by atoms with Gasteiger partial charge in [-0.2, -0.15) is 0 Å². The zero-order chi connectivity index (χ0) is 48.9. The van der Waals surface area contributed by atoms with Gasteiger partial charge in [-0.1, -0.05) is 155 Å². The number of benzene rings is 7. The molecule has 12 rings (SSSR count). The highest BCUT2D eigenvalue weighted by molar-refractivity contribution is 6.73. The van der Waals surface area contributed by atoms with Gasteiger partial charge in [0.05, 0.1) is 11.1 Å². The van der Waals surface area contributed by atoms with E-state index in [1.807, 2.05) is 0 Å².